The minimum atomic E-state index is -0.115. The van der Waals surface area contributed by atoms with Gasteiger partial charge in [-0.3, -0.25) is 4.79 Å². The lowest BCUT2D eigenvalue weighted by Crippen LogP contribution is -2.32. The fourth-order valence-electron chi connectivity index (χ4n) is 2.10. The third-order valence-corrected chi connectivity index (χ3v) is 3.65. The van der Waals surface area contributed by atoms with Crippen LogP contribution < -0.4 is 14.8 Å². The van der Waals surface area contributed by atoms with E-state index in [1.807, 2.05) is 13.8 Å². The Morgan fingerprint density at radius 1 is 1.30 bits per heavy atom. The van der Waals surface area contributed by atoms with E-state index in [2.05, 4.69) is 19.2 Å². The minimum absolute atomic E-state index is 0.00593. The number of methoxy groups -OCH3 is 1. The van der Waals surface area contributed by atoms with Crippen molar-refractivity contribution in [3.05, 3.63) is 28.8 Å². The Labute approximate surface area is 143 Å². The molecule has 0 spiro atoms. The molecule has 0 aliphatic heterocycles. The van der Waals surface area contributed by atoms with Crippen molar-refractivity contribution in [2.75, 3.05) is 7.11 Å². The highest BCUT2D eigenvalue weighted by Crippen LogP contribution is 2.37. The molecular formula is C18H26ClNO3. The molecule has 0 saturated carbocycles. The van der Waals surface area contributed by atoms with Crippen LogP contribution in [-0.4, -0.2) is 25.2 Å². The number of nitrogens with one attached hydrogen (secondary N) is 1. The average Bonchev–Trinajstić information content (AvgIpc) is 2.52. The van der Waals surface area contributed by atoms with Crippen molar-refractivity contribution in [1.29, 1.82) is 0 Å². The van der Waals surface area contributed by atoms with Crippen molar-refractivity contribution in [3.63, 3.8) is 0 Å². The molecule has 0 bridgehead atoms. The van der Waals surface area contributed by atoms with Gasteiger partial charge >= 0.3 is 0 Å². The van der Waals surface area contributed by atoms with E-state index in [1.54, 1.807) is 25.3 Å². The van der Waals surface area contributed by atoms with E-state index in [0.29, 0.717) is 16.5 Å². The Balaban J connectivity index is 2.91. The SMILES string of the molecule is CCC(CC)NC(=O)/C=C/c1cc(Cl)c(OC(C)C)c(OC)c1. The summed E-state index contributed by atoms with van der Waals surface area (Å²) >= 11 is 6.26. The zero-order chi connectivity index (χ0) is 17.4. The van der Waals surface area contributed by atoms with Gasteiger partial charge in [0.15, 0.2) is 11.5 Å². The summed E-state index contributed by atoms with van der Waals surface area (Å²) in [7, 11) is 1.56. The molecule has 1 aromatic rings. The number of amides is 1. The van der Waals surface area contributed by atoms with E-state index in [0.717, 1.165) is 18.4 Å². The van der Waals surface area contributed by atoms with E-state index in [-0.39, 0.29) is 18.1 Å². The van der Waals surface area contributed by atoms with Crippen LogP contribution in [0.3, 0.4) is 0 Å². The van der Waals surface area contributed by atoms with E-state index in [1.165, 1.54) is 6.08 Å². The molecule has 1 rings (SSSR count). The minimum Gasteiger partial charge on any atom is -0.493 e. The lowest BCUT2D eigenvalue weighted by atomic mass is 10.1. The van der Waals surface area contributed by atoms with Crippen LogP contribution in [-0.2, 0) is 4.79 Å². The van der Waals surface area contributed by atoms with Gasteiger partial charge in [-0.25, -0.2) is 0 Å². The molecule has 0 atom stereocenters. The summed E-state index contributed by atoms with van der Waals surface area (Å²) in [6, 6.07) is 3.75. The Morgan fingerprint density at radius 2 is 1.96 bits per heavy atom. The van der Waals surface area contributed by atoms with Crippen molar-refractivity contribution >= 4 is 23.6 Å². The van der Waals surface area contributed by atoms with Crippen LogP contribution >= 0.6 is 11.6 Å². The largest absolute Gasteiger partial charge is 0.493 e. The molecule has 0 radical (unpaired) electrons. The Bertz CT molecular complexity index is 551. The Kier molecular flexibility index (Phi) is 7.96. The second-order valence-corrected chi connectivity index (χ2v) is 5.96. The van der Waals surface area contributed by atoms with Gasteiger partial charge in [-0.2, -0.15) is 0 Å². The molecule has 0 aromatic heterocycles. The van der Waals surface area contributed by atoms with Crippen LogP contribution in [0.5, 0.6) is 11.5 Å². The molecule has 128 valence electrons. The summed E-state index contributed by atoms with van der Waals surface area (Å²) in [6.45, 7) is 7.95. The zero-order valence-electron chi connectivity index (χ0n) is 14.5. The van der Waals surface area contributed by atoms with Crippen LogP contribution in [0.4, 0.5) is 0 Å². The van der Waals surface area contributed by atoms with Gasteiger partial charge in [-0.15, -0.1) is 0 Å². The predicted octanol–water partition coefficient (Wildman–Crippen LogP) is 4.45. The fourth-order valence-corrected chi connectivity index (χ4v) is 2.36. The summed E-state index contributed by atoms with van der Waals surface area (Å²) in [6.07, 6.45) is 5.04. The third-order valence-electron chi connectivity index (χ3n) is 3.36. The molecule has 1 amide bonds. The number of hydrogen-bond donors (Lipinski definition) is 1. The second kappa shape index (κ2) is 9.46. The summed E-state index contributed by atoms with van der Waals surface area (Å²) in [4.78, 5) is 11.9. The normalized spacial score (nSPS) is 11.3. The number of benzene rings is 1. The van der Waals surface area contributed by atoms with Crippen LogP contribution in [0, 0.1) is 0 Å². The number of rotatable bonds is 8. The lowest BCUT2D eigenvalue weighted by Gasteiger charge is -2.15. The average molecular weight is 340 g/mol. The van der Waals surface area contributed by atoms with Gasteiger partial charge in [0.25, 0.3) is 0 Å². The van der Waals surface area contributed by atoms with Crippen molar-refractivity contribution in [1.82, 2.24) is 5.32 Å². The molecule has 0 aliphatic carbocycles. The topological polar surface area (TPSA) is 47.6 Å². The maximum absolute atomic E-state index is 11.9. The van der Waals surface area contributed by atoms with Gasteiger partial charge in [-0.1, -0.05) is 25.4 Å². The van der Waals surface area contributed by atoms with Gasteiger partial charge in [0.1, 0.15) is 0 Å². The lowest BCUT2D eigenvalue weighted by molar-refractivity contribution is -0.117. The molecule has 23 heavy (non-hydrogen) atoms. The molecule has 5 heteroatoms. The molecule has 1 aromatic carbocycles. The summed E-state index contributed by atoms with van der Waals surface area (Å²) in [5, 5.41) is 3.41. The highest BCUT2D eigenvalue weighted by atomic mass is 35.5. The van der Waals surface area contributed by atoms with E-state index < -0.39 is 0 Å². The quantitative estimate of drug-likeness (QED) is 0.711. The Hall–Kier alpha value is -1.68. The smallest absolute Gasteiger partial charge is 0.244 e. The Morgan fingerprint density at radius 3 is 2.48 bits per heavy atom. The first-order valence-corrected chi connectivity index (χ1v) is 8.31. The van der Waals surface area contributed by atoms with E-state index in [4.69, 9.17) is 21.1 Å². The molecule has 0 unspecified atom stereocenters. The van der Waals surface area contributed by atoms with Gasteiger partial charge in [0.05, 0.1) is 18.2 Å². The summed E-state index contributed by atoms with van der Waals surface area (Å²) in [5.41, 5.74) is 0.780. The number of halogens is 1. The zero-order valence-corrected chi connectivity index (χ0v) is 15.2. The molecule has 4 nitrogen and oxygen atoms in total. The molecule has 0 saturated heterocycles. The first kappa shape index (κ1) is 19.4. The maximum Gasteiger partial charge on any atom is 0.244 e. The van der Waals surface area contributed by atoms with Gasteiger partial charge in [0.2, 0.25) is 5.91 Å². The van der Waals surface area contributed by atoms with Crippen molar-refractivity contribution in [3.8, 4) is 11.5 Å². The van der Waals surface area contributed by atoms with E-state index >= 15 is 0 Å². The first-order valence-electron chi connectivity index (χ1n) is 7.93. The van der Waals surface area contributed by atoms with Crippen LogP contribution in [0.25, 0.3) is 6.08 Å². The molecule has 0 aliphatic rings. The predicted molar refractivity (Wildman–Crippen MR) is 95.3 cm³/mol. The van der Waals surface area contributed by atoms with Crippen LogP contribution in [0.15, 0.2) is 18.2 Å². The van der Waals surface area contributed by atoms with Crippen LogP contribution in [0.1, 0.15) is 46.1 Å². The number of hydrogen-bond acceptors (Lipinski definition) is 3. The van der Waals surface area contributed by atoms with Gasteiger partial charge in [0, 0.05) is 12.1 Å². The van der Waals surface area contributed by atoms with Crippen molar-refractivity contribution in [2.45, 2.75) is 52.7 Å². The van der Waals surface area contributed by atoms with Crippen molar-refractivity contribution in [2.24, 2.45) is 0 Å². The summed E-state index contributed by atoms with van der Waals surface area (Å²) in [5.74, 6) is 0.949. The van der Waals surface area contributed by atoms with Crippen LogP contribution in [0.2, 0.25) is 5.02 Å². The third kappa shape index (κ3) is 6.14. The number of carbonyl (C=O) groups is 1. The first-order chi connectivity index (χ1) is 10.9. The molecule has 0 fully saturated rings. The second-order valence-electron chi connectivity index (χ2n) is 5.56. The summed E-state index contributed by atoms with van der Waals surface area (Å²) < 4.78 is 11.0. The van der Waals surface area contributed by atoms with E-state index in [9.17, 15) is 4.79 Å². The number of ether oxygens (including phenoxy) is 2. The van der Waals surface area contributed by atoms with Crippen molar-refractivity contribution < 1.29 is 14.3 Å². The standard InChI is InChI=1S/C18H26ClNO3/c1-6-14(7-2)20-17(21)9-8-13-10-15(19)18(23-12(3)4)16(11-13)22-5/h8-12,14H,6-7H2,1-5H3,(H,20,21)/b9-8+. The molecule has 0 heterocycles. The molecule has 1 N–H and O–H groups in total. The molecular weight excluding hydrogens is 314 g/mol. The fraction of sp³-hybridized carbons (Fsp3) is 0.500. The maximum atomic E-state index is 11.9. The monoisotopic (exact) mass is 339 g/mol. The highest BCUT2D eigenvalue weighted by Gasteiger charge is 2.13. The van der Waals surface area contributed by atoms with Gasteiger partial charge in [-0.05, 0) is 50.5 Å². The van der Waals surface area contributed by atoms with Gasteiger partial charge < -0.3 is 14.8 Å². The number of carbonyl (C=O) groups excluding carboxylic acids is 1. The highest BCUT2D eigenvalue weighted by molar-refractivity contribution is 6.32.